The highest BCUT2D eigenvalue weighted by Crippen LogP contribution is 2.23. The summed E-state index contributed by atoms with van der Waals surface area (Å²) < 4.78 is 27.0. The lowest BCUT2D eigenvalue weighted by atomic mass is 10.0. The van der Waals surface area contributed by atoms with E-state index in [0.717, 1.165) is 64.9 Å². The second-order valence-electron chi connectivity index (χ2n) is 11.0. The van der Waals surface area contributed by atoms with Crippen LogP contribution in [0.1, 0.15) is 54.9 Å². The van der Waals surface area contributed by atoms with Gasteiger partial charge in [0.1, 0.15) is 12.6 Å². The quantitative estimate of drug-likeness (QED) is 0.329. The molecule has 8 heteroatoms. The molecule has 0 bridgehead atoms. The van der Waals surface area contributed by atoms with Crippen molar-refractivity contribution in [2.45, 2.75) is 71.0 Å². The van der Waals surface area contributed by atoms with Gasteiger partial charge in [-0.25, -0.2) is 8.42 Å². The Balaban J connectivity index is 1.71. The van der Waals surface area contributed by atoms with Crippen molar-refractivity contribution in [2.75, 3.05) is 17.1 Å². The number of aryl methyl sites for hydroxylation is 2. The molecular weight excluding hydrogens is 534 g/mol. The maximum atomic E-state index is 14.2. The SMILES string of the molecule is CCc1ccc(N(CC(=O)N(Cc2cccc(C)c2)[C@H](Cc2ccccc2)C(=O)NC2CCCC2)S(C)(=O)=O)cc1. The molecule has 3 aromatic rings. The lowest BCUT2D eigenvalue weighted by Crippen LogP contribution is -2.54. The van der Waals surface area contributed by atoms with Crippen LogP contribution in [0.3, 0.4) is 0 Å². The number of nitrogens with one attached hydrogen (secondary N) is 1. The summed E-state index contributed by atoms with van der Waals surface area (Å²) in [4.78, 5) is 29.7. The predicted molar refractivity (Wildman–Crippen MR) is 164 cm³/mol. The van der Waals surface area contributed by atoms with Crippen molar-refractivity contribution in [2.24, 2.45) is 0 Å². The van der Waals surface area contributed by atoms with Crippen LogP contribution < -0.4 is 9.62 Å². The monoisotopic (exact) mass is 575 g/mol. The van der Waals surface area contributed by atoms with Crippen molar-refractivity contribution < 1.29 is 18.0 Å². The normalized spacial score (nSPS) is 14.4. The number of nitrogens with zero attached hydrogens (tertiary/aromatic N) is 2. The number of rotatable bonds is 12. The molecular formula is C33H41N3O4S. The van der Waals surface area contributed by atoms with Crippen molar-refractivity contribution in [1.82, 2.24) is 10.2 Å². The molecule has 0 saturated heterocycles. The zero-order valence-electron chi connectivity index (χ0n) is 24.3. The molecule has 1 fully saturated rings. The largest absolute Gasteiger partial charge is 0.352 e. The molecule has 2 amide bonds. The third-order valence-electron chi connectivity index (χ3n) is 7.72. The number of sulfonamides is 1. The molecule has 0 heterocycles. The van der Waals surface area contributed by atoms with Crippen LogP contribution in [0.2, 0.25) is 0 Å². The molecule has 7 nitrogen and oxygen atoms in total. The van der Waals surface area contributed by atoms with Gasteiger partial charge in [-0.2, -0.15) is 0 Å². The summed E-state index contributed by atoms with van der Waals surface area (Å²) in [6.07, 6.45) is 6.23. The van der Waals surface area contributed by atoms with Gasteiger partial charge in [-0.15, -0.1) is 0 Å². The molecule has 1 N–H and O–H groups in total. The van der Waals surface area contributed by atoms with E-state index in [1.165, 1.54) is 0 Å². The molecule has 1 aliphatic rings. The average molecular weight is 576 g/mol. The van der Waals surface area contributed by atoms with E-state index in [1.807, 2.05) is 80.6 Å². The van der Waals surface area contributed by atoms with Gasteiger partial charge >= 0.3 is 0 Å². The first kappa shape index (κ1) is 30.3. The van der Waals surface area contributed by atoms with E-state index < -0.39 is 28.5 Å². The molecule has 0 radical (unpaired) electrons. The van der Waals surface area contributed by atoms with Crippen molar-refractivity contribution in [1.29, 1.82) is 0 Å². The molecule has 41 heavy (non-hydrogen) atoms. The van der Waals surface area contributed by atoms with Crippen molar-refractivity contribution in [3.05, 3.63) is 101 Å². The Morgan fingerprint density at radius 1 is 0.902 bits per heavy atom. The molecule has 0 spiro atoms. The fourth-order valence-corrected chi connectivity index (χ4v) is 6.29. The first-order chi connectivity index (χ1) is 19.6. The molecule has 1 atom stereocenters. The lowest BCUT2D eigenvalue weighted by Gasteiger charge is -2.34. The maximum Gasteiger partial charge on any atom is 0.244 e. The van der Waals surface area contributed by atoms with E-state index in [2.05, 4.69) is 5.32 Å². The Bertz CT molecular complexity index is 1420. The van der Waals surface area contributed by atoms with Crippen molar-refractivity contribution >= 4 is 27.5 Å². The number of benzene rings is 3. The smallest absolute Gasteiger partial charge is 0.244 e. The minimum Gasteiger partial charge on any atom is -0.352 e. The van der Waals surface area contributed by atoms with Crippen LogP contribution in [-0.2, 0) is 39.0 Å². The molecule has 3 aromatic carbocycles. The summed E-state index contributed by atoms with van der Waals surface area (Å²) in [5, 5.41) is 3.19. The van der Waals surface area contributed by atoms with Gasteiger partial charge < -0.3 is 10.2 Å². The predicted octanol–water partition coefficient (Wildman–Crippen LogP) is 5.02. The molecule has 0 aliphatic heterocycles. The zero-order valence-corrected chi connectivity index (χ0v) is 25.1. The standard InChI is InChI=1S/C33H41N3O4S/c1-4-26-17-19-30(20-18-26)36(41(3,39)40)24-32(37)35(23-28-14-10-11-25(2)21-28)31(22-27-12-6-5-7-13-27)33(38)34-29-15-8-9-16-29/h5-7,10-14,17-21,29,31H,4,8-9,15-16,22-24H2,1-3H3,(H,34,38)/t31-/m1/s1. The van der Waals surface area contributed by atoms with E-state index in [-0.39, 0.29) is 18.5 Å². The summed E-state index contributed by atoms with van der Waals surface area (Å²) in [6, 6.07) is 23.9. The van der Waals surface area contributed by atoms with Gasteiger partial charge in [0.15, 0.2) is 0 Å². The van der Waals surface area contributed by atoms with Gasteiger partial charge in [0, 0.05) is 19.0 Å². The Morgan fingerprint density at radius 3 is 2.17 bits per heavy atom. The van der Waals surface area contributed by atoms with Crippen LogP contribution in [0.5, 0.6) is 0 Å². The van der Waals surface area contributed by atoms with Gasteiger partial charge in [-0.1, -0.05) is 92.1 Å². The summed E-state index contributed by atoms with van der Waals surface area (Å²) >= 11 is 0. The van der Waals surface area contributed by atoms with Crippen LogP contribution in [0, 0.1) is 6.92 Å². The highest BCUT2D eigenvalue weighted by molar-refractivity contribution is 7.92. The number of hydrogen-bond donors (Lipinski definition) is 1. The average Bonchev–Trinajstić information content (AvgIpc) is 3.46. The molecule has 218 valence electrons. The summed E-state index contributed by atoms with van der Waals surface area (Å²) in [5.41, 5.74) is 4.34. The topological polar surface area (TPSA) is 86.8 Å². The van der Waals surface area contributed by atoms with Gasteiger partial charge in [-0.3, -0.25) is 13.9 Å². The van der Waals surface area contributed by atoms with E-state index >= 15 is 0 Å². The molecule has 0 unspecified atom stereocenters. The second kappa shape index (κ2) is 13.8. The first-order valence-corrected chi connectivity index (χ1v) is 16.2. The first-order valence-electron chi connectivity index (χ1n) is 14.4. The van der Waals surface area contributed by atoms with Crippen LogP contribution in [0.15, 0.2) is 78.9 Å². The van der Waals surface area contributed by atoms with E-state index in [4.69, 9.17) is 0 Å². The van der Waals surface area contributed by atoms with Crippen molar-refractivity contribution in [3.8, 4) is 0 Å². The van der Waals surface area contributed by atoms with Gasteiger partial charge in [0.05, 0.1) is 11.9 Å². The Labute approximate surface area is 244 Å². The van der Waals surface area contributed by atoms with Crippen LogP contribution in [0.25, 0.3) is 0 Å². The Morgan fingerprint density at radius 2 is 1.56 bits per heavy atom. The van der Waals surface area contributed by atoms with Crippen molar-refractivity contribution in [3.63, 3.8) is 0 Å². The van der Waals surface area contributed by atoms with E-state index in [1.54, 1.807) is 17.0 Å². The molecule has 1 saturated carbocycles. The fourth-order valence-electron chi connectivity index (χ4n) is 5.44. The van der Waals surface area contributed by atoms with E-state index in [0.29, 0.717) is 12.1 Å². The van der Waals surface area contributed by atoms with E-state index in [9.17, 15) is 18.0 Å². The Kier molecular flexibility index (Phi) is 10.2. The minimum atomic E-state index is -3.78. The van der Waals surface area contributed by atoms with Crippen LogP contribution in [0.4, 0.5) is 5.69 Å². The summed E-state index contributed by atoms with van der Waals surface area (Å²) in [6.45, 7) is 3.79. The second-order valence-corrected chi connectivity index (χ2v) is 12.9. The maximum absolute atomic E-state index is 14.2. The number of hydrogen-bond acceptors (Lipinski definition) is 4. The molecule has 4 rings (SSSR count). The lowest BCUT2D eigenvalue weighted by molar-refractivity contribution is -0.140. The third-order valence-corrected chi connectivity index (χ3v) is 8.86. The number of amides is 2. The highest BCUT2D eigenvalue weighted by atomic mass is 32.2. The highest BCUT2D eigenvalue weighted by Gasteiger charge is 2.34. The molecule has 1 aliphatic carbocycles. The number of anilines is 1. The van der Waals surface area contributed by atoms with Crippen LogP contribution >= 0.6 is 0 Å². The van der Waals surface area contributed by atoms with Gasteiger partial charge in [-0.05, 0) is 55.0 Å². The number of carbonyl (C=O) groups excluding carboxylic acids is 2. The summed E-state index contributed by atoms with van der Waals surface area (Å²) in [7, 11) is -3.78. The third kappa shape index (κ3) is 8.43. The minimum absolute atomic E-state index is 0.0845. The van der Waals surface area contributed by atoms with Crippen LogP contribution in [-0.4, -0.2) is 50.0 Å². The Hall–Kier alpha value is -3.65. The number of carbonyl (C=O) groups is 2. The fraction of sp³-hybridized carbons (Fsp3) is 0.394. The van der Waals surface area contributed by atoms with Gasteiger partial charge in [0.2, 0.25) is 21.8 Å². The zero-order chi connectivity index (χ0) is 29.4. The van der Waals surface area contributed by atoms with Gasteiger partial charge in [0.25, 0.3) is 0 Å². The summed E-state index contributed by atoms with van der Waals surface area (Å²) in [5.74, 6) is -0.640. The molecule has 0 aromatic heterocycles.